The van der Waals surface area contributed by atoms with Gasteiger partial charge in [0.1, 0.15) is 6.04 Å². The molecule has 0 saturated carbocycles. The average molecular weight is 246 g/mol. The van der Waals surface area contributed by atoms with E-state index in [1.165, 1.54) is 0 Å². The Morgan fingerprint density at radius 1 is 1.29 bits per heavy atom. The molecule has 2 amide bonds. The van der Waals surface area contributed by atoms with Crippen molar-refractivity contribution in [2.24, 2.45) is 5.92 Å². The van der Waals surface area contributed by atoms with Gasteiger partial charge in [-0.1, -0.05) is 13.8 Å². The normalized spacial score (nSPS) is 14.2. The van der Waals surface area contributed by atoms with E-state index in [-0.39, 0.29) is 12.0 Å². The number of hydrogen-bond donors (Lipinski definition) is 3. The Bertz CT molecular complexity index is 256. The fourth-order valence-corrected chi connectivity index (χ4v) is 1.22. The van der Waals surface area contributed by atoms with Crippen LogP contribution in [0.15, 0.2) is 0 Å². The smallest absolute Gasteiger partial charge is 0.326 e. The SMILES string of the molecule is COC(C)CNC(=O)N[C@H](CC(C)C)C(=O)O. The maximum atomic E-state index is 11.4. The van der Waals surface area contributed by atoms with Gasteiger partial charge < -0.3 is 20.5 Å². The lowest BCUT2D eigenvalue weighted by atomic mass is 10.0. The molecule has 0 aromatic heterocycles. The van der Waals surface area contributed by atoms with E-state index < -0.39 is 18.0 Å². The lowest BCUT2D eigenvalue weighted by Crippen LogP contribution is -2.48. The topological polar surface area (TPSA) is 87.7 Å². The highest BCUT2D eigenvalue weighted by atomic mass is 16.5. The van der Waals surface area contributed by atoms with Crippen LogP contribution in [0, 0.1) is 5.92 Å². The van der Waals surface area contributed by atoms with Gasteiger partial charge in [0.05, 0.1) is 6.10 Å². The number of amides is 2. The van der Waals surface area contributed by atoms with Crippen LogP contribution in [0.4, 0.5) is 4.79 Å². The standard InChI is InChI=1S/C11H22N2O4/c1-7(2)5-9(10(14)15)13-11(16)12-6-8(3)17-4/h7-9H,5-6H2,1-4H3,(H,14,15)(H2,12,13,16)/t8?,9-/m1/s1. The number of carbonyl (C=O) groups excluding carboxylic acids is 1. The van der Waals surface area contributed by atoms with E-state index >= 15 is 0 Å². The van der Waals surface area contributed by atoms with Crippen LogP contribution in [0.2, 0.25) is 0 Å². The Morgan fingerprint density at radius 2 is 1.88 bits per heavy atom. The first-order chi connectivity index (χ1) is 7.86. The van der Waals surface area contributed by atoms with Gasteiger partial charge in [0.25, 0.3) is 0 Å². The van der Waals surface area contributed by atoms with Gasteiger partial charge in [-0.2, -0.15) is 0 Å². The quantitative estimate of drug-likeness (QED) is 0.620. The fourth-order valence-electron chi connectivity index (χ4n) is 1.22. The molecule has 3 N–H and O–H groups in total. The van der Waals surface area contributed by atoms with Crippen molar-refractivity contribution in [1.82, 2.24) is 10.6 Å². The number of carboxylic acid groups (broad SMARTS) is 1. The molecule has 0 aliphatic heterocycles. The molecule has 100 valence electrons. The second kappa shape index (κ2) is 7.89. The lowest BCUT2D eigenvalue weighted by Gasteiger charge is -2.17. The van der Waals surface area contributed by atoms with Crippen LogP contribution >= 0.6 is 0 Å². The first kappa shape index (κ1) is 15.7. The van der Waals surface area contributed by atoms with Crippen LogP contribution in [0.3, 0.4) is 0 Å². The van der Waals surface area contributed by atoms with Gasteiger partial charge in [-0.3, -0.25) is 0 Å². The minimum absolute atomic E-state index is 0.103. The highest BCUT2D eigenvalue weighted by Gasteiger charge is 2.20. The molecule has 0 aromatic carbocycles. The molecule has 0 spiro atoms. The third-order valence-corrected chi connectivity index (χ3v) is 2.26. The van der Waals surface area contributed by atoms with Crippen molar-refractivity contribution in [2.75, 3.05) is 13.7 Å². The Labute approximate surface area is 102 Å². The van der Waals surface area contributed by atoms with Crippen LogP contribution in [0.5, 0.6) is 0 Å². The zero-order valence-electron chi connectivity index (χ0n) is 10.8. The number of ether oxygens (including phenoxy) is 1. The highest BCUT2D eigenvalue weighted by Crippen LogP contribution is 2.04. The van der Waals surface area contributed by atoms with E-state index in [9.17, 15) is 9.59 Å². The molecule has 0 rings (SSSR count). The first-order valence-corrected chi connectivity index (χ1v) is 5.66. The van der Waals surface area contributed by atoms with Gasteiger partial charge in [0, 0.05) is 13.7 Å². The summed E-state index contributed by atoms with van der Waals surface area (Å²) in [7, 11) is 1.54. The second-order valence-electron chi connectivity index (χ2n) is 4.42. The summed E-state index contributed by atoms with van der Waals surface area (Å²) in [5, 5.41) is 13.9. The molecule has 17 heavy (non-hydrogen) atoms. The van der Waals surface area contributed by atoms with Crippen LogP contribution in [0.1, 0.15) is 27.2 Å². The summed E-state index contributed by atoms with van der Waals surface area (Å²) in [6, 6.07) is -1.34. The van der Waals surface area contributed by atoms with Gasteiger partial charge in [-0.15, -0.1) is 0 Å². The summed E-state index contributed by atoms with van der Waals surface area (Å²) in [4.78, 5) is 22.3. The molecule has 0 heterocycles. The highest BCUT2D eigenvalue weighted by molar-refractivity contribution is 5.82. The van der Waals surface area contributed by atoms with Gasteiger partial charge in [0.2, 0.25) is 0 Å². The second-order valence-corrected chi connectivity index (χ2v) is 4.42. The van der Waals surface area contributed by atoms with E-state index in [1.807, 2.05) is 20.8 Å². The van der Waals surface area contributed by atoms with Crippen LogP contribution in [-0.2, 0) is 9.53 Å². The molecule has 0 aliphatic carbocycles. The maximum Gasteiger partial charge on any atom is 0.326 e. The summed E-state index contributed by atoms with van der Waals surface area (Å²) in [6.07, 6.45) is 0.303. The molecule has 6 nitrogen and oxygen atoms in total. The molecule has 1 unspecified atom stereocenters. The summed E-state index contributed by atoms with van der Waals surface area (Å²) >= 11 is 0. The third-order valence-electron chi connectivity index (χ3n) is 2.26. The predicted molar refractivity (Wildman–Crippen MR) is 63.9 cm³/mol. The van der Waals surface area contributed by atoms with Crippen LogP contribution in [0.25, 0.3) is 0 Å². The van der Waals surface area contributed by atoms with Crippen molar-refractivity contribution < 1.29 is 19.4 Å². The number of hydrogen-bond acceptors (Lipinski definition) is 3. The zero-order valence-corrected chi connectivity index (χ0v) is 10.8. The maximum absolute atomic E-state index is 11.4. The van der Waals surface area contributed by atoms with Crippen molar-refractivity contribution >= 4 is 12.0 Å². The number of rotatable bonds is 7. The van der Waals surface area contributed by atoms with E-state index in [0.717, 1.165) is 0 Å². The Morgan fingerprint density at radius 3 is 2.29 bits per heavy atom. The van der Waals surface area contributed by atoms with Gasteiger partial charge >= 0.3 is 12.0 Å². The van der Waals surface area contributed by atoms with Crippen molar-refractivity contribution in [3.63, 3.8) is 0 Å². The zero-order chi connectivity index (χ0) is 13.4. The van der Waals surface area contributed by atoms with Crippen LogP contribution < -0.4 is 10.6 Å². The third kappa shape index (κ3) is 7.57. The number of carbonyl (C=O) groups is 2. The van der Waals surface area contributed by atoms with E-state index in [1.54, 1.807) is 7.11 Å². The minimum Gasteiger partial charge on any atom is -0.480 e. The molecule has 0 aromatic rings. The molecule has 0 aliphatic rings. The summed E-state index contributed by atoms with van der Waals surface area (Å²) in [6.45, 7) is 5.96. The van der Waals surface area contributed by atoms with Gasteiger partial charge in [-0.05, 0) is 19.3 Å². The molecule has 0 saturated heterocycles. The summed E-state index contributed by atoms with van der Waals surface area (Å²) in [5.41, 5.74) is 0. The predicted octanol–water partition coefficient (Wildman–Crippen LogP) is 0.820. The van der Waals surface area contributed by atoms with E-state index in [2.05, 4.69) is 10.6 Å². The number of methoxy groups -OCH3 is 1. The van der Waals surface area contributed by atoms with Crippen molar-refractivity contribution in [2.45, 2.75) is 39.3 Å². The number of urea groups is 1. The Balaban J connectivity index is 4.08. The number of nitrogens with one attached hydrogen (secondary N) is 2. The van der Waals surface area contributed by atoms with Crippen molar-refractivity contribution in [3.05, 3.63) is 0 Å². The van der Waals surface area contributed by atoms with Crippen molar-refractivity contribution in [1.29, 1.82) is 0 Å². The lowest BCUT2D eigenvalue weighted by molar-refractivity contribution is -0.139. The van der Waals surface area contributed by atoms with Crippen LogP contribution in [-0.4, -0.2) is 42.9 Å². The molecule has 6 heteroatoms. The largest absolute Gasteiger partial charge is 0.480 e. The molecule has 0 radical (unpaired) electrons. The average Bonchev–Trinajstić information content (AvgIpc) is 2.24. The van der Waals surface area contributed by atoms with Crippen molar-refractivity contribution in [3.8, 4) is 0 Å². The van der Waals surface area contributed by atoms with E-state index in [4.69, 9.17) is 9.84 Å². The van der Waals surface area contributed by atoms with Gasteiger partial charge in [0.15, 0.2) is 0 Å². The molecular weight excluding hydrogens is 224 g/mol. The summed E-state index contributed by atoms with van der Waals surface area (Å²) in [5.74, 6) is -0.817. The number of carboxylic acids is 1. The molecule has 0 bridgehead atoms. The minimum atomic E-state index is -1.02. The fraction of sp³-hybridized carbons (Fsp3) is 0.818. The Kier molecular flexibility index (Phi) is 7.29. The monoisotopic (exact) mass is 246 g/mol. The van der Waals surface area contributed by atoms with Gasteiger partial charge in [-0.25, -0.2) is 9.59 Å². The molecular formula is C11H22N2O4. The molecule has 0 fully saturated rings. The first-order valence-electron chi connectivity index (χ1n) is 5.66. The molecule has 2 atom stereocenters. The Hall–Kier alpha value is -1.30. The van der Waals surface area contributed by atoms with E-state index in [0.29, 0.717) is 13.0 Å². The summed E-state index contributed by atoms with van der Waals surface area (Å²) < 4.78 is 4.96. The number of aliphatic carboxylic acids is 1.